The van der Waals surface area contributed by atoms with Gasteiger partial charge in [-0.15, -0.1) is 0 Å². The van der Waals surface area contributed by atoms with Crippen LogP contribution in [0.15, 0.2) is 95.9 Å². The summed E-state index contributed by atoms with van der Waals surface area (Å²) in [6, 6.07) is 24.3. The first-order chi connectivity index (χ1) is 18.2. The van der Waals surface area contributed by atoms with Gasteiger partial charge in [-0.05, 0) is 17.2 Å². The maximum Gasteiger partial charge on any atom is 0.278 e. The van der Waals surface area contributed by atoms with Gasteiger partial charge in [0.05, 0.1) is 11.9 Å². The Labute approximate surface area is 219 Å². The van der Waals surface area contributed by atoms with E-state index in [0.717, 1.165) is 16.3 Å². The molecule has 0 saturated carbocycles. The summed E-state index contributed by atoms with van der Waals surface area (Å²) < 4.78 is 29.0. The molecule has 194 valence electrons. The van der Waals surface area contributed by atoms with Crippen LogP contribution in [0, 0.1) is 5.41 Å². The predicted molar refractivity (Wildman–Crippen MR) is 146 cm³/mol. The number of hydrogen-bond donors (Lipinski definition) is 4. The van der Waals surface area contributed by atoms with Crippen molar-refractivity contribution >= 4 is 27.5 Å². The number of anilines is 1. The molecule has 0 fully saturated rings. The molecule has 10 nitrogen and oxygen atoms in total. The van der Waals surface area contributed by atoms with Gasteiger partial charge in [0.1, 0.15) is 23.9 Å². The first-order valence-corrected chi connectivity index (χ1v) is 13.3. The van der Waals surface area contributed by atoms with Gasteiger partial charge in [-0.1, -0.05) is 78.9 Å². The summed E-state index contributed by atoms with van der Waals surface area (Å²) >= 11 is 0. The Bertz CT molecular complexity index is 1620. The minimum Gasteiger partial charge on any atom is -0.384 e. The molecular weight excluding hydrogens is 504 g/mol. The van der Waals surface area contributed by atoms with Gasteiger partial charge in [0, 0.05) is 17.7 Å². The molecule has 4 aromatic rings. The SMILES string of the molecule is N=C(N)c1cccc(CNC(=O)Cn2c(-c3ccccc3)ncc(NS(=O)(=O)Cc3ccccc3)c2=O)c1. The van der Waals surface area contributed by atoms with Crippen LogP contribution in [0.1, 0.15) is 16.7 Å². The van der Waals surface area contributed by atoms with Crippen molar-refractivity contribution < 1.29 is 13.2 Å². The number of carbonyl (C=O) groups excluding carboxylic acids is 1. The molecule has 0 aliphatic heterocycles. The van der Waals surface area contributed by atoms with Crippen LogP contribution in [0.2, 0.25) is 0 Å². The maximum atomic E-state index is 13.4. The summed E-state index contributed by atoms with van der Waals surface area (Å²) in [5, 5.41) is 10.3. The normalized spacial score (nSPS) is 11.1. The summed E-state index contributed by atoms with van der Waals surface area (Å²) in [6.07, 6.45) is 1.16. The number of amides is 1. The number of rotatable bonds is 10. The van der Waals surface area contributed by atoms with Crippen LogP contribution in [0.4, 0.5) is 5.69 Å². The summed E-state index contributed by atoms with van der Waals surface area (Å²) in [5.74, 6) is -0.679. The van der Waals surface area contributed by atoms with Crippen LogP contribution < -0.4 is 21.3 Å². The molecule has 0 spiro atoms. The fourth-order valence-corrected chi connectivity index (χ4v) is 4.95. The molecule has 0 saturated heterocycles. The van der Waals surface area contributed by atoms with Crippen LogP contribution in [0.25, 0.3) is 11.4 Å². The molecule has 5 N–H and O–H groups in total. The molecule has 3 aromatic carbocycles. The Balaban J connectivity index is 1.59. The summed E-state index contributed by atoms with van der Waals surface area (Å²) in [5.41, 5.74) is 6.96. The van der Waals surface area contributed by atoms with Gasteiger partial charge in [-0.2, -0.15) is 0 Å². The quantitative estimate of drug-likeness (QED) is 0.182. The average Bonchev–Trinajstić information content (AvgIpc) is 2.90. The zero-order valence-corrected chi connectivity index (χ0v) is 21.1. The largest absolute Gasteiger partial charge is 0.384 e. The topological polar surface area (TPSA) is 160 Å². The third-order valence-electron chi connectivity index (χ3n) is 5.57. The van der Waals surface area contributed by atoms with E-state index in [1.807, 2.05) is 0 Å². The molecule has 0 unspecified atom stereocenters. The van der Waals surface area contributed by atoms with Crippen LogP contribution in [-0.4, -0.2) is 29.7 Å². The monoisotopic (exact) mass is 530 g/mol. The number of nitrogens with two attached hydrogens (primary N) is 1. The number of nitrogen functional groups attached to an aromatic ring is 1. The van der Waals surface area contributed by atoms with Gasteiger partial charge in [-0.25, -0.2) is 13.4 Å². The number of carbonyl (C=O) groups is 1. The molecule has 4 rings (SSSR count). The van der Waals surface area contributed by atoms with E-state index in [9.17, 15) is 18.0 Å². The van der Waals surface area contributed by atoms with Crippen LogP contribution in [0.5, 0.6) is 0 Å². The van der Waals surface area contributed by atoms with E-state index < -0.39 is 28.0 Å². The molecule has 38 heavy (non-hydrogen) atoms. The van der Waals surface area contributed by atoms with E-state index in [1.54, 1.807) is 84.9 Å². The molecule has 0 aliphatic rings. The number of aromatic nitrogens is 2. The summed E-state index contributed by atoms with van der Waals surface area (Å²) in [6.45, 7) is -0.247. The molecule has 0 bridgehead atoms. The van der Waals surface area contributed by atoms with Crippen molar-refractivity contribution in [2.24, 2.45) is 5.73 Å². The fraction of sp³-hybridized carbons (Fsp3) is 0.111. The summed E-state index contributed by atoms with van der Waals surface area (Å²) in [7, 11) is -3.92. The van der Waals surface area contributed by atoms with E-state index in [-0.39, 0.29) is 29.6 Å². The van der Waals surface area contributed by atoms with Crippen molar-refractivity contribution in [3.05, 3.63) is 118 Å². The average molecular weight is 531 g/mol. The zero-order chi connectivity index (χ0) is 27.1. The van der Waals surface area contributed by atoms with Crippen molar-refractivity contribution in [1.29, 1.82) is 5.41 Å². The van der Waals surface area contributed by atoms with E-state index in [1.165, 1.54) is 0 Å². The molecule has 0 atom stereocenters. The van der Waals surface area contributed by atoms with E-state index >= 15 is 0 Å². The van der Waals surface area contributed by atoms with Gasteiger partial charge >= 0.3 is 0 Å². The predicted octanol–water partition coefficient (Wildman–Crippen LogP) is 2.45. The van der Waals surface area contributed by atoms with E-state index in [2.05, 4.69) is 15.0 Å². The number of benzene rings is 3. The van der Waals surface area contributed by atoms with Crippen LogP contribution in [-0.2, 0) is 33.7 Å². The van der Waals surface area contributed by atoms with Crippen LogP contribution in [0.3, 0.4) is 0 Å². The van der Waals surface area contributed by atoms with Crippen molar-refractivity contribution in [3.63, 3.8) is 0 Å². The smallest absolute Gasteiger partial charge is 0.278 e. The number of nitrogens with zero attached hydrogens (tertiary/aromatic N) is 2. The van der Waals surface area contributed by atoms with Crippen LogP contribution >= 0.6 is 0 Å². The van der Waals surface area contributed by atoms with Crippen molar-refractivity contribution in [2.75, 3.05) is 4.72 Å². The lowest BCUT2D eigenvalue weighted by Crippen LogP contribution is -2.35. The van der Waals surface area contributed by atoms with E-state index in [0.29, 0.717) is 16.7 Å². The standard InChI is InChI=1S/C27H26N6O4S/c28-25(29)22-13-7-10-20(14-22)15-30-24(34)17-33-26(21-11-5-2-6-12-21)31-16-23(27(33)35)32-38(36,37)18-19-8-3-1-4-9-19/h1-14,16,32H,15,17-18H2,(H3,28,29)(H,30,34). The molecule has 1 aromatic heterocycles. The minimum atomic E-state index is -3.92. The Morgan fingerprint density at radius 3 is 2.29 bits per heavy atom. The lowest BCUT2D eigenvalue weighted by atomic mass is 10.1. The first kappa shape index (κ1) is 26.3. The fourth-order valence-electron chi connectivity index (χ4n) is 3.77. The van der Waals surface area contributed by atoms with E-state index in [4.69, 9.17) is 11.1 Å². The van der Waals surface area contributed by atoms with Gasteiger partial charge in [0.25, 0.3) is 5.56 Å². The Hall–Kier alpha value is -4.77. The van der Waals surface area contributed by atoms with Gasteiger partial charge in [-0.3, -0.25) is 24.3 Å². The number of amidine groups is 1. The number of sulfonamides is 1. The number of nitrogens with one attached hydrogen (secondary N) is 3. The van der Waals surface area contributed by atoms with Gasteiger partial charge in [0.2, 0.25) is 15.9 Å². The second kappa shape index (κ2) is 11.5. The third kappa shape index (κ3) is 6.71. The second-order valence-corrected chi connectivity index (χ2v) is 10.2. The van der Waals surface area contributed by atoms with Gasteiger partial charge < -0.3 is 11.1 Å². The Morgan fingerprint density at radius 2 is 1.61 bits per heavy atom. The molecule has 0 radical (unpaired) electrons. The second-order valence-electron chi connectivity index (χ2n) is 8.49. The highest BCUT2D eigenvalue weighted by atomic mass is 32.2. The first-order valence-electron chi connectivity index (χ1n) is 11.6. The number of hydrogen-bond acceptors (Lipinski definition) is 6. The molecular formula is C27H26N6O4S. The molecule has 11 heteroatoms. The lowest BCUT2D eigenvalue weighted by molar-refractivity contribution is -0.121. The zero-order valence-electron chi connectivity index (χ0n) is 20.3. The van der Waals surface area contributed by atoms with Gasteiger partial charge in [0.15, 0.2) is 0 Å². The lowest BCUT2D eigenvalue weighted by Gasteiger charge is -2.15. The summed E-state index contributed by atoms with van der Waals surface area (Å²) in [4.78, 5) is 30.6. The minimum absolute atomic E-state index is 0.0881. The molecule has 0 aliphatic carbocycles. The third-order valence-corrected chi connectivity index (χ3v) is 6.82. The molecule has 1 amide bonds. The highest BCUT2D eigenvalue weighted by Crippen LogP contribution is 2.17. The van der Waals surface area contributed by atoms with Crippen molar-refractivity contribution in [2.45, 2.75) is 18.8 Å². The molecule has 1 heterocycles. The Morgan fingerprint density at radius 1 is 0.947 bits per heavy atom. The highest BCUT2D eigenvalue weighted by molar-refractivity contribution is 7.91. The van der Waals surface area contributed by atoms with Crippen molar-refractivity contribution in [1.82, 2.24) is 14.9 Å². The highest BCUT2D eigenvalue weighted by Gasteiger charge is 2.19. The maximum absolute atomic E-state index is 13.4. The van der Waals surface area contributed by atoms with Crippen molar-refractivity contribution in [3.8, 4) is 11.4 Å². The Kier molecular flexibility index (Phi) is 7.97.